The standard InChI is InChI=1S/C17H17BrO3/c1-2-17(19)13-6-8-15(9-7-13)20-10-11-21-16-5-3-4-14(18)12-16/h3-9,12H,2,10-11H2,1H3. The molecule has 0 spiro atoms. The van der Waals surface area contributed by atoms with Gasteiger partial charge in [-0.2, -0.15) is 0 Å². The highest BCUT2D eigenvalue weighted by Gasteiger charge is 2.02. The van der Waals surface area contributed by atoms with Gasteiger partial charge in [0.05, 0.1) is 0 Å². The molecule has 0 amide bonds. The fourth-order valence-corrected chi connectivity index (χ4v) is 2.20. The first-order chi connectivity index (χ1) is 10.2. The third-order valence-electron chi connectivity index (χ3n) is 2.91. The van der Waals surface area contributed by atoms with Gasteiger partial charge >= 0.3 is 0 Å². The Hall–Kier alpha value is -1.81. The molecule has 4 heteroatoms. The van der Waals surface area contributed by atoms with E-state index in [1.165, 1.54) is 0 Å². The predicted molar refractivity (Wildman–Crippen MR) is 86.2 cm³/mol. The van der Waals surface area contributed by atoms with Crippen LogP contribution in [0.1, 0.15) is 23.7 Å². The molecule has 2 aromatic carbocycles. The van der Waals surface area contributed by atoms with Crippen molar-refractivity contribution in [1.29, 1.82) is 0 Å². The zero-order valence-corrected chi connectivity index (χ0v) is 13.4. The lowest BCUT2D eigenvalue weighted by Crippen LogP contribution is -2.09. The molecule has 0 N–H and O–H groups in total. The van der Waals surface area contributed by atoms with Crippen molar-refractivity contribution in [3.63, 3.8) is 0 Å². The van der Waals surface area contributed by atoms with Gasteiger partial charge in [-0.1, -0.05) is 28.9 Å². The second-order valence-electron chi connectivity index (χ2n) is 4.46. The summed E-state index contributed by atoms with van der Waals surface area (Å²) in [7, 11) is 0. The largest absolute Gasteiger partial charge is 0.490 e. The molecule has 2 aromatic rings. The first-order valence-corrected chi connectivity index (χ1v) is 7.63. The van der Waals surface area contributed by atoms with E-state index in [-0.39, 0.29) is 5.78 Å². The van der Waals surface area contributed by atoms with E-state index in [0.29, 0.717) is 19.6 Å². The van der Waals surface area contributed by atoms with E-state index in [1.54, 1.807) is 12.1 Å². The average molecular weight is 349 g/mol. The minimum Gasteiger partial charge on any atom is -0.490 e. The maximum atomic E-state index is 11.5. The molecule has 0 aliphatic carbocycles. The minimum absolute atomic E-state index is 0.138. The summed E-state index contributed by atoms with van der Waals surface area (Å²) >= 11 is 3.39. The van der Waals surface area contributed by atoms with Crippen LogP contribution in [0, 0.1) is 0 Å². The molecule has 0 aliphatic heterocycles. The van der Waals surface area contributed by atoms with E-state index in [9.17, 15) is 4.79 Å². The molecule has 0 saturated carbocycles. The number of hydrogen-bond acceptors (Lipinski definition) is 3. The van der Waals surface area contributed by atoms with Crippen LogP contribution in [0.5, 0.6) is 11.5 Å². The molecule has 0 aliphatic rings. The van der Waals surface area contributed by atoms with Gasteiger partial charge in [0, 0.05) is 16.5 Å². The molecule has 2 rings (SSSR count). The van der Waals surface area contributed by atoms with E-state index in [0.717, 1.165) is 21.5 Å². The maximum absolute atomic E-state index is 11.5. The van der Waals surface area contributed by atoms with E-state index < -0.39 is 0 Å². The van der Waals surface area contributed by atoms with Crippen LogP contribution in [0.2, 0.25) is 0 Å². The summed E-state index contributed by atoms with van der Waals surface area (Å²) in [4.78, 5) is 11.5. The van der Waals surface area contributed by atoms with Crippen molar-refractivity contribution in [3.8, 4) is 11.5 Å². The Kier molecular flexibility index (Phi) is 5.81. The summed E-state index contributed by atoms with van der Waals surface area (Å²) in [5.74, 6) is 1.68. The average Bonchev–Trinajstić information content (AvgIpc) is 2.51. The monoisotopic (exact) mass is 348 g/mol. The van der Waals surface area contributed by atoms with E-state index in [4.69, 9.17) is 9.47 Å². The molecule has 0 heterocycles. The molecule has 0 aromatic heterocycles. The molecular formula is C17H17BrO3. The first-order valence-electron chi connectivity index (χ1n) is 6.83. The molecule has 110 valence electrons. The van der Waals surface area contributed by atoms with Crippen molar-refractivity contribution in [1.82, 2.24) is 0 Å². The number of ketones is 1. The Labute approximate surface area is 133 Å². The van der Waals surface area contributed by atoms with E-state index in [1.807, 2.05) is 43.3 Å². The first kappa shape index (κ1) is 15.6. The van der Waals surface area contributed by atoms with Gasteiger partial charge in [-0.3, -0.25) is 4.79 Å². The van der Waals surface area contributed by atoms with Gasteiger partial charge in [-0.15, -0.1) is 0 Å². The molecule has 0 fully saturated rings. The number of carbonyl (C=O) groups excluding carboxylic acids is 1. The van der Waals surface area contributed by atoms with Crippen molar-refractivity contribution in [2.45, 2.75) is 13.3 Å². The number of rotatable bonds is 7. The topological polar surface area (TPSA) is 35.5 Å². The summed E-state index contributed by atoms with van der Waals surface area (Å²) in [6.07, 6.45) is 0.515. The second-order valence-corrected chi connectivity index (χ2v) is 5.37. The van der Waals surface area contributed by atoms with Crippen LogP contribution in [-0.2, 0) is 0 Å². The quantitative estimate of drug-likeness (QED) is 0.545. The number of halogens is 1. The van der Waals surface area contributed by atoms with Crippen molar-refractivity contribution < 1.29 is 14.3 Å². The molecular weight excluding hydrogens is 332 g/mol. The highest BCUT2D eigenvalue weighted by molar-refractivity contribution is 9.10. The van der Waals surface area contributed by atoms with Crippen LogP contribution in [-0.4, -0.2) is 19.0 Å². The summed E-state index contributed by atoms with van der Waals surface area (Å²) in [5, 5.41) is 0. The van der Waals surface area contributed by atoms with Crippen LogP contribution in [0.4, 0.5) is 0 Å². The summed E-state index contributed by atoms with van der Waals surface area (Å²) in [6.45, 7) is 2.77. The molecule has 0 radical (unpaired) electrons. The predicted octanol–water partition coefficient (Wildman–Crippen LogP) is 4.50. The smallest absolute Gasteiger partial charge is 0.162 e. The van der Waals surface area contributed by atoms with Gasteiger partial charge < -0.3 is 9.47 Å². The van der Waals surface area contributed by atoms with Crippen molar-refractivity contribution in [3.05, 3.63) is 58.6 Å². The summed E-state index contributed by atoms with van der Waals surface area (Å²) in [6, 6.07) is 14.9. The van der Waals surface area contributed by atoms with Crippen LogP contribution < -0.4 is 9.47 Å². The third kappa shape index (κ3) is 4.90. The molecule has 21 heavy (non-hydrogen) atoms. The number of ether oxygens (including phenoxy) is 2. The highest BCUT2D eigenvalue weighted by atomic mass is 79.9. The normalized spacial score (nSPS) is 10.2. The third-order valence-corrected chi connectivity index (χ3v) is 3.41. The number of benzene rings is 2. The summed E-state index contributed by atoms with van der Waals surface area (Å²) < 4.78 is 12.1. The zero-order chi connectivity index (χ0) is 15.1. The second kappa shape index (κ2) is 7.84. The Balaban J connectivity index is 1.77. The van der Waals surface area contributed by atoms with E-state index in [2.05, 4.69) is 15.9 Å². The molecule has 3 nitrogen and oxygen atoms in total. The molecule has 0 saturated heterocycles. The highest BCUT2D eigenvalue weighted by Crippen LogP contribution is 2.18. The Morgan fingerprint density at radius 3 is 2.29 bits per heavy atom. The van der Waals surface area contributed by atoms with Crippen LogP contribution in [0.15, 0.2) is 53.0 Å². The number of Topliss-reactive ketones (excluding diaryl/α,β-unsaturated/α-hetero) is 1. The van der Waals surface area contributed by atoms with Crippen molar-refractivity contribution in [2.75, 3.05) is 13.2 Å². The van der Waals surface area contributed by atoms with Crippen LogP contribution in [0.3, 0.4) is 0 Å². The maximum Gasteiger partial charge on any atom is 0.162 e. The van der Waals surface area contributed by atoms with Gasteiger partial charge in [-0.05, 0) is 42.5 Å². The van der Waals surface area contributed by atoms with Crippen molar-refractivity contribution >= 4 is 21.7 Å². The zero-order valence-electron chi connectivity index (χ0n) is 11.8. The Morgan fingerprint density at radius 1 is 1.00 bits per heavy atom. The lowest BCUT2D eigenvalue weighted by atomic mass is 10.1. The SMILES string of the molecule is CCC(=O)c1ccc(OCCOc2cccc(Br)c2)cc1. The Morgan fingerprint density at radius 2 is 1.67 bits per heavy atom. The van der Waals surface area contributed by atoms with Gasteiger partial charge in [0.2, 0.25) is 0 Å². The number of carbonyl (C=O) groups is 1. The Bertz CT molecular complexity index is 593. The molecule has 0 unspecified atom stereocenters. The van der Waals surface area contributed by atoms with Gasteiger partial charge in [0.15, 0.2) is 5.78 Å². The van der Waals surface area contributed by atoms with Crippen LogP contribution >= 0.6 is 15.9 Å². The fraction of sp³-hybridized carbons (Fsp3) is 0.235. The van der Waals surface area contributed by atoms with Crippen LogP contribution in [0.25, 0.3) is 0 Å². The lowest BCUT2D eigenvalue weighted by molar-refractivity contribution is 0.0988. The van der Waals surface area contributed by atoms with Crippen molar-refractivity contribution in [2.24, 2.45) is 0 Å². The van der Waals surface area contributed by atoms with Gasteiger partial charge in [0.25, 0.3) is 0 Å². The fourth-order valence-electron chi connectivity index (χ4n) is 1.82. The summed E-state index contributed by atoms with van der Waals surface area (Å²) in [5.41, 5.74) is 0.718. The van der Waals surface area contributed by atoms with Gasteiger partial charge in [-0.25, -0.2) is 0 Å². The lowest BCUT2D eigenvalue weighted by Gasteiger charge is -2.09. The van der Waals surface area contributed by atoms with Gasteiger partial charge in [0.1, 0.15) is 24.7 Å². The van der Waals surface area contributed by atoms with E-state index >= 15 is 0 Å². The molecule has 0 bridgehead atoms. The molecule has 0 atom stereocenters. The minimum atomic E-state index is 0.138. The number of hydrogen-bond donors (Lipinski definition) is 0.